The second kappa shape index (κ2) is 6.95. The minimum Gasteiger partial charge on any atom is -0.304 e. The van der Waals surface area contributed by atoms with Crippen molar-refractivity contribution in [3.63, 3.8) is 0 Å². The molecule has 0 saturated heterocycles. The highest BCUT2D eigenvalue weighted by molar-refractivity contribution is 9.10. The highest BCUT2D eigenvalue weighted by Crippen LogP contribution is 2.29. The molecule has 1 nitrogen and oxygen atoms in total. The van der Waals surface area contributed by atoms with E-state index in [0.29, 0.717) is 5.02 Å². The van der Waals surface area contributed by atoms with Gasteiger partial charge in [-0.3, -0.25) is 0 Å². The third-order valence-corrected chi connectivity index (χ3v) is 4.60. The van der Waals surface area contributed by atoms with Crippen LogP contribution in [-0.2, 0) is 0 Å². The van der Waals surface area contributed by atoms with Crippen molar-refractivity contribution in [2.24, 2.45) is 0 Å². The van der Waals surface area contributed by atoms with Gasteiger partial charge in [0, 0.05) is 26.6 Å². The fraction of sp³-hybridized carbons (Fsp3) is 0.250. The van der Waals surface area contributed by atoms with Gasteiger partial charge in [-0.2, -0.15) is 0 Å². The maximum atomic E-state index is 6.24. The van der Waals surface area contributed by atoms with Crippen molar-refractivity contribution in [2.45, 2.75) is 25.9 Å². The second-order valence-corrected chi connectivity index (χ2v) is 6.50. The molecule has 0 spiro atoms. The van der Waals surface area contributed by atoms with Crippen molar-refractivity contribution >= 4 is 39.1 Å². The first kappa shape index (κ1) is 15.8. The molecule has 20 heavy (non-hydrogen) atoms. The second-order valence-electron chi connectivity index (χ2n) is 4.80. The van der Waals surface area contributed by atoms with E-state index in [2.05, 4.69) is 41.2 Å². The summed E-state index contributed by atoms with van der Waals surface area (Å²) in [6.07, 6.45) is 0. The van der Waals surface area contributed by atoms with Crippen LogP contribution in [0.15, 0.2) is 46.9 Å². The van der Waals surface area contributed by atoms with Gasteiger partial charge in [-0.15, -0.1) is 0 Å². The van der Waals surface area contributed by atoms with Crippen LogP contribution in [0.5, 0.6) is 0 Å². The first-order valence-electron chi connectivity index (χ1n) is 6.44. The lowest BCUT2D eigenvalue weighted by molar-refractivity contribution is 0.493. The lowest BCUT2D eigenvalue weighted by Gasteiger charge is -2.22. The highest BCUT2D eigenvalue weighted by atomic mass is 79.9. The van der Waals surface area contributed by atoms with Gasteiger partial charge in [0.1, 0.15) is 0 Å². The topological polar surface area (TPSA) is 12.0 Å². The van der Waals surface area contributed by atoms with Crippen molar-refractivity contribution in [3.05, 3.63) is 68.1 Å². The predicted molar refractivity (Wildman–Crippen MR) is 90.6 cm³/mol. The molecular weight excluding hydrogens is 357 g/mol. The Morgan fingerprint density at radius 2 is 1.60 bits per heavy atom. The van der Waals surface area contributed by atoms with Gasteiger partial charge in [0.15, 0.2) is 0 Å². The first-order chi connectivity index (χ1) is 9.49. The SMILES string of the molecule is CC(N[C@H](C)c1ccccc1Br)c1cc(Cl)ccc1Cl. The van der Waals surface area contributed by atoms with E-state index in [0.717, 1.165) is 15.1 Å². The molecule has 1 unspecified atom stereocenters. The van der Waals surface area contributed by atoms with Crippen molar-refractivity contribution in [3.8, 4) is 0 Å². The zero-order chi connectivity index (χ0) is 14.7. The normalized spacial score (nSPS) is 14.1. The number of benzene rings is 2. The monoisotopic (exact) mass is 371 g/mol. The summed E-state index contributed by atoms with van der Waals surface area (Å²) in [5.41, 5.74) is 2.23. The van der Waals surface area contributed by atoms with Gasteiger partial charge < -0.3 is 5.32 Å². The number of nitrogens with one attached hydrogen (secondary N) is 1. The van der Waals surface area contributed by atoms with E-state index in [1.54, 1.807) is 6.07 Å². The maximum Gasteiger partial charge on any atom is 0.0454 e. The lowest BCUT2D eigenvalue weighted by atomic mass is 10.0. The molecule has 0 aliphatic rings. The van der Waals surface area contributed by atoms with Crippen LogP contribution < -0.4 is 5.32 Å². The molecule has 0 bridgehead atoms. The molecule has 1 N–H and O–H groups in total. The van der Waals surface area contributed by atoms with Crippen LogP contribution in [0.4, 0.5) is 0 Å². The molecule has 0 fully saturated rings. The smallest absolute Gasteiger partial charge is 0.0454 e. The Morgan fingerprint density at radius 1 is 0.950 bits per heavy atom. The van der Waals surface area contributed by atoms with E-state index in [4.69, 9.17) is 23.2 Å². The van der Waals surface area contributed by atoms with E-state index < -0.39 is 0 Å². The average Bonchev–Trinajstić information content (AvgIpc) is 2.41. The number of rotatable bonds is 4. The fourth-order valence-corrected chi connectivity index (χ4v) is 3.32. The zero-order valence-electron chi connectivity index (χ0n) is 11.3. The molecular formula is C16H16BrCl2N. The zero-order valence-corrected chi connectivity index (χ0v) is 14.4. The molecule has 0 heterocycles. The predicted octanol–water partition coefficient (Wildman–Crippen LogP) is 6.17. The molecule has 0 aliphatic heterocycles. The van der Waals surface area contributed by atoms with Crippen LogP contribution in [-0.4, -0.2) is 0 Å². The molecule has 2 atom stereocenters. The number of halogens is 3. The summed E-state index contributed by atoms with van der Waals surface area (Å²) in [6, 6.07) is 14.1. The van der Waals surface area contributed by atoms with Gasteiger partial charge >= 0.3 is 0 Å². The van der Waals surface area contributed by atoms with Crippen molar-refractivity contribution in [1.82, 2.24) is 5.32 Å². The molecule has 0 aliphatic carbocycles. The molecule has 0 radical (unpaired) electrons. The molecule has 2 rings (SSSR count). The quantitative estimate of drug-likeness (QED) is 0.676. The van der Waals surface area contributed by atoms with Gasteiger partial charge in [-0.25, -0.2) is 0 Å². The summed E-state index contributed by atoms with van der Waals surface area (Å²) in [7, 11) is 0. The van der Waals surface area contributed by atoms with E-state index in [1.165, 1.54) is 5.56 Å². The van der Waals surface area contributed by atoms with Crippen LogP contribution in [0.25, 0.3) is 0 Å². The summed E-state index contributed by atoms with van der Waals surface area (Å²) in [5, 5.41) is 4.98. The lowest BCUT2D eigenvalue weighted by Crippen LogP contribution is -2.23. The molecule has 0 amide bonds. The maximum absolute atomic E-state index is 6.24. The number of hydrogen-bond acceptors (Lipinski definition) is 1. The van der Waals surface area contributed by atoms with Gasteiger partial charge in [-0.1, -0.05) is 57.3 Å². The molecule has 4 heteroatoms. The van der Waals surface area contributed by atoms with E-state index >= 15 is 0 Å². The van der Waals surface area contributed by atoms with Gasteiger partial charge in [-0.05, 0) is 49.2 Å². The van der Waals surface area contributed by atoms with Gasteiger partial charge in [0.05, 0.1) is 0 Å². The number of hydrogen-bond donors (Lipinski definition) is 1. The molecule has 106 valence electrons. The van der Waals surface area contributed by atoms with Gasteiger partial charge in [0.2, 0.25) is 0 Å². The third-order valence-electron chi connectivity index (χ3n) is 3.30. The van der Waals surface area contributed by atoms with Crippen molar-refractivity contribution < 1.29 is 0 Å². The van der Waals surface area contributed by atoms with Crippen LogP contribution in [0.1, 0.15) is 37.1 Å². The van der Waals surface area contributed by atoms with Crippen LogP contribution in [0.2, 0.25) is 10.0 Å². The Bertz CT molecular complexity index is 601. The Balaban J connectivity index is 2.17. The first-order valence-corrected chi connectivity index (χ1v) is 7.99. The van der Waals surface area contributed by atoms with Crippen LogP contribution in [0.3, 0.4) is 0 Å². The summed E-state index contributed by atoms with van der Waals surface area (Å²) in [6.45, 7) is 4.22. The Morgan fingerprint density at radius 3 is 2.30 bits per heavy atom. The standard InChI is InChI=1S/C16H16BrCl2N/c1-10(13-5-3-4-6-15(13)17)20-11(2)14-9-12(18)7-8-16(14)19/h3-11,20H,1-2H3/t10-,11?/m1/s1. The minimum absolute atomic E-state index is 0.114. The summed E-state index contributed by atoms with van der Waals surface area (Å²) in [5.74, 6) is 0. The van der Waals surface area contributed by atoms with Crippen molar-refractivity contribution in [1.29, 1.82) is 0 Å². The fourth-order valence-electron chi connectivity index (χ4n) is 2.23. The van der Waals surface area contributed by atoms with Crippen molar-refractivity contribution in [2.75, 3.05) is 0 Å². The third kappa shape index (κ3) is 3.76. The molecule has 2 aromatic rings. The summed E-state index contributed by atoms with van der Waals surface area (Å²) < 4.78 is 1.10. The van der Waals surface area contributed by atoms with Gasteiger partial charge in [0.25, 0.3) is 0 Å². The largest absolute Gasteiger partial charge is 0.304 e. The van der Waals surface area contributed by atoms with E-state index in [-0.39, 0.29) is 12.1 Å². The van der Waals surface area contributed by atoms with Crippen LogP contribution in [0, 0.1) is 0 Å². The van der Waals surface area contributed by atoms with E-state index in [1.807, 2.05) is 30.3 Å². The highest BCUT2D eigenvalue weighted by Gasteiger charge is 2.15. The van der Waals surface area contributed by atoms with Crippen LogP contribution >= 0.6 is 39.1 Å². The average molecular weight is 373 g/mol. The molecule has 0 aromatic heterocycles. The Kier molecular flexibility index (Phi) is 5.50. The van der Waals surface area contributed by atoms with E-state index in [9.17, 15) is 0 Å². The Labute approximate surface area is 138 Å². The summed E-state index contributed by atoms with van der Waals surface area (Å²) >= 11 is 15.9. The summed E-state index contributed by atoms with van der Waals surface area (Å²) in [4.78, 5) is 0. The Hall–Kier alpha value is -0.540. The molecule has 2 aromatic carbocycles. The minimum atomic E-state index is 0.114. The molecule has 0 saturated carbocycles.